The number of esters is 1. The average Bonchev–Trinajstić information content (AvgIpc) is 2.59. The number of carbonyl (C=O) groups excluding carboxylic acids is 3. The molecule has 0 heterocycles. The van der Waals surface area contributed by atoms with Crippen LogP contribution in [0.2, 0.25) is 0 Å². The van der Waals surface area contributed by atoms with Crippen LogP contribution in [0.25, 0.3) is 0 Å². The van der Waals surface area contributed by atoms with E-state index >= 15 is 0 Å². The second-order valence-electron chi connectivity index (χ2n) is 7.95. The van der Waals surface area contributed by atoms with E-state index in [2.05, 4.69) is 5.32 Å². The van der Waals surface area contributed by atoms with Crippen molar-refractivity contribution in [3.63, 3.8) is 0 Å². The first-order valence-electron chi connectivity index (χ1n) is 9.69. The molecule has 0 spiro atoms. The summed E-state index contributed by atoms with van der Waals surface area (Å²) >= 11 is 0. The number of nitrogens with two attached hydrogens (primary N) is 2. The monoisotopic (exact) mass is 391 g/mol. The number of benzene rings is 1. The summed E-state index contributed by atoms with van der Waals surface area (Å²) in [7, 11) is 0. The third-order valence-electron chi connectivity index (χ3n) is 4.10. The zero-order chi connectivity index (χ0) is 21.2. The van der Waals surface area contributed by atoms with Crippen molar-refractivity contribution in [3.8, 4) is 0 Å². The first-order valence-corrected chi connectivity index (χ1v) is 9.69. The minimum atomic E-state index is -0.798. The lowest BCUT2D eigenvalue weighted by molar-refractivity contribution is -0.155. The number of ether oxygens (including phenoxy) is 1. The number of nitrogens with one attached hydrogen (secondary N) is 1. The molecule has 0 bridgehead atoms. The zero-order valence-corrected chi connectivity index (χ0v) is 17.1. The number of unbranched alkanes of at least 4 members (excludes halogenated alkanes) is 2. The SMILES string of the molecule is CC(C)(C)OC(=O)CCCCC[C@H](N)C(=O)N[C@@H](Cc1ccccc1)C(N)=O. The third kappa shape index (κ3) is 10.1. The molecular formula is C21H33N3O4. The largest absolute Gasteiger partial charge is 0.460 e. The van der Waals surface area contributed by atoms with Gasteiger partial charge in [0.05, 0.1) is 6.04 Å². The Morgan fingerprint density at radius 2 is 1.71 bits per heavy atom. The van der Waals surface area contributed by atoms with Crippen molar-refractivity contribution < 1.29 is 19.1 Å². The molecule has 7 heteroatoms. The third-order valence-corrected chi connectivity index (χ3v) is 4.10. The van der Waals surface area contributed by atoms with Crippen molar-refractivity contribution in [2.24, 2.45) is 11.5 Å². The smallest absolute Gasteiger partial charge is 0.306 e. The van der Waals surface area contributed by atoms with Gasteiger partial charge < -0.3 is 21.5 Å². The molecule has 156 valence electrons. The van der Waals surface area contributed by atoms with Crippen LogP contribution in [0.15, 0.2) is 30.3 Å². The van der Waals surface area contributed by atoms with Crippen LogP contribution in [0.5, 0.6) is 0 Å². The van der Waals surface area contributed by atoms with E-state index in [-0.39, 0.29) is 5.97 Å². The van der Waals surface area contributed by atoms with Gasteiger partial charge in [-0.15, -0.1) is 0 Å². The molecule has 1 rings (SSSR count). The fourth-order valence-corrected chi connectivity index (χ4v) is 2.69. The molecule has 28 heavy (non-hydrogen) atoms. The topological polar surface area (TPSA) is 125 Å². The predicted octanol–water partition coefficient (Wildman–Crippen LogP) is 1.82. The Morgan fingerprint density at radius 1 is 1.07 bits per heavy atom. The van der Waals surface area contributed by atoms with Gasteiger partial charge in [-0.05, 0) is 39.2 Å². The van der Waals surface area contributed by atoms with Gasteiger partial charge in [0.25, 0.3) is 0 Å². The highest BCUT2D eigenvalue weighted by atomic mass is 16.6. The Kier molecular flexibility index (Phi) is 9.65. The van der Waals surface area contributed by atoms with Crippen LogP contribution in [0.3, 0.4) is 0 Å². The molecule has 1 aromatic carbocycles. The second-order valence-corrected chi connectivity index (χ2v) is 7.95. The molecule has 2 amide bonds. The number of hydrogen-bond acceptors (Lipinski definition) is 5. The normalized spacial score (nSPS) is 13.4. The molecule has 0 saturated heterocycles. The number of hydrogen-bond donors (Lipinski definition) is 3. The van der Waals surface area contributed by atoms with Gasteiger partial charge in [-0.2, -0.15) is 0 Å². The first-order chi connectivity index (χ1) is 13.1. The fourth-order valence-electron chi connectivity index (χ4n) is 2.69. The van der Waals surface area contributed by atoms with Crippen molar-refractivity contribution >= 4 is 17.8 Å². The maximum atomic E-state index is 12.3. The Bertz CT molecular complexity index is 641. The van der Waals surface area contributed by atoms with Gasteiger partial charge in [0, 0.05) is 12.8 Å². The van der Waals surface area contributed by atoms with Crippen LogP contribution < -0.4 is 16.8 Å². The van der Waals surface area contributed by atoms with Gasteiger partial charge in [-0.3, -0.25) is 14.4 Å². The highest BCUT2D eigenvalue weighted by molar-refractivity contribution is 5.89. The summed E-state index contributed by atoms with van der Waals surface area (Å²) in [6, 6.07) is 7.81. The molecule has 0 saturated carbocycles. The highest BCUT2D eigenvalue weighted by Crippen LogP contribution is 2.12. The molecule has 0 aliphatic rings. The number of amides is 2. The molecule has 0 radical (unpaired) electrons. The number of rotatable bonds is 11. The van der Waals surface area contributed by atoms with E-state index in [1.54, 1.807) is 0 Å². The quantitative estimate of drug-likeness (QED) is 0.392. The number of carbonyl (C=O) groups is 3. The van der Waals surface area contributed by atoms with E-state index in [4.69, 9.17) is 16.2 Å². The van der Waals surface area contributed by atoms with E-state index in [0.29, 0.717) is 32.1 Å². The molecule has 5 N–H and O–H groups in total. The van der Waals surface area contributed by atoms with Crippen LogP contribution in [0, 0.1) is 0 Å². The molecule has 0 aliphatic carbocycles. The molecule has 1 aromatic rings. The van der Waals surface area contributed by atoms with Crippen LogP contribution in [-0.2, 0) is 25.5 Å². The summed E-state index contributed by atoms with van der Waals surface area (Å²) in [5.74, 6) is -1.21. The lowest BCUT2D eigenvalue weighted by Crippen LogP contribution is -2.51. The van der Waals surface area contributed by atoms with Gasteiger partial charge in [0.2, 0.25) is 11.8 Å². The fraction of sp³-hybridized carbons (Fsp3) is 0.571. The Balaban J connectivity index is 2.33. The summed E-state index contributed by atoms with van der Waals surface area (Å²) in [6.45, 7) is 5.50. The summed E-state index contributed by atoms with van der Waals surface area (Å²) in [5, 5.41) is 2.64. The van der Waals surface area contributed by atoms with Crippen LogP contribution in [0.1, 0.15) is 58.4 Å². The second kappa shape index (κ2) is 11.4. The summed E-state index contributed by atoms with van der Waals surface area (Å²) in [6.07, 6.45) is 3.29. The lowest BCUT2D eigenvalue weighted by atomic mass is 10.0. The predicted molar refractivity (Wildman–Crippen MR) is 108 cm³/mol. The molecule has 0 unspecified atom stereocenters. The first kappa shape index (κ1) is 23.6. The minimum absolute atomic E-state index is 0.222. The Morgan fingerprint density at radius 3 is 2.29 bits per heavy atom. The maximum absolute atomic E-state index is 12.3. The van der Waals surface area contributed by atoms with Gasteiger partial charge in [-0.25, -0.2) is 0 Å². The Hall–Kier alpha value is -2.41. The summed E-state index contributed by atoms with van der Waals surface area (Å²) < 4.78 is 5.25. The summed E-state index contributed by atoms with van der Waals surface area (Å²) in [5.41, 5.74) is 11.8. The molecule has 0 aromatic heterocycles. The van der Waals surface area contributed by atoms with E-state index in [1.165, 1.54) is 0 Å². The van der Waals surface area contributed by atoms with Crippen molar-refractivity contribution in [2.45, 2.75) is 77.0 Å². The van der Waals surface area contributed by atoms with E-state index in [9.17, 15) is 14.4 Å². The van der Waals surface area contributed by atoms with E-state index in [0.717, 1.165) is 12.0 Å². The van der Waals surface area contributed by atoms with Crippen LogP contribution in [0.4, 0.5) is 0 Å². The van der Waals surface area contributed by atoms with Gasteiger partial charge >= 0.3 is 5.97 Å². The maximum Gasteiger partial charge on any atom is 0.306 e. The molecular weight excluding hydrogens is 358 g/mol. The Labute approximate surface area is 167 Å². The van der Waals surface area contributed by atoms with Crippen molar-refractivity contribution in [1.82, 2.24) is 5.32 Å². The van der Waals surface area contributed by atoms with Crippen molar-refractivity contribution in [2.75, 3.05) is 0 Å². The van der Waals surface area contributed by atoms with E-state index < -0.39 is 29.5 Å². The number of primary amides is 1. The molecule has 0 aliphatic heterocycles. The lowest BCUT2D eigenvalue weighted by Gasteiger charge is -2.19. The average molecular weight is 392 g/mol. The molecule has 0 fully saturated rings. The van der Waals surface area contributed by atoms with Crippen molar-refractivity contribution in [3.05, 3.63) is 35.9 Å². The van der Waals surface area contributed by atoms with Gasteiger partial charge in [0.1, 0.15) is 11.6 Å². The van der Waals surface area contributed by atoms with Crippen LogP contribution >= 0.6 is 0 Å². The molecule has 2 atom stereocenters. The van der Waals surface area contributed by atoms with Crippen LogP contribution in [-0.4, -0.2) is 35.5 Å². The van der Waals surface area contributed by atoms with Gasteiger partial charge in [-0.1, -0.05) is 43.2 Å². The summed E-state index contributed by atoms with van der Waals surface area (Å²) in [4.78, 5) is 35.5. The minimum Gasteiger partial charge on any atom is -0.460 e. The standard InChI is InChI=1S/C21H33N3O4/c1-21(2,3)28-18(25)13-9-5-8-12-16(22)20(27)24-17(19(23)26)14-15-10-6-4-7-11-15/h4,6-7,10-11,16-17H,5,8-9,12-14,22H2,1-3H3,(H2,23,26)(H,24,27)/t16-,17-/m0/s1. The molecule has 7 nitrogen and oxygen atoms in total. The van der Waals surface area contributed by atoms with E-state index in [1.807, 2.05) is 51.1 Å². The highest BCUT2D eigenvalue weighted by Gasteiger charge is 2.22. The zero-order valence-electron chi connectivity index (χ0n) is 17.1. The van der Waals surface area contributed by atoms with Crippen molar-refractivity contribution in [1.29, 1.82) is 0 Å². The van der Waals surface area contributed by atoms with Gasteiger partial charge in [0.15, 0.2) is 0 Å².